The van der Waals surface area contributed by atoms with E-state index in [1.165, 1.54) is 0 Å². The fourth-order valence-electron chi connectivity index (χ4n) is 1.12. The van der Waals surface area contributed by atoms with Crippen molar-refractivity contribution in [2.45, 2.75) is 6.42 Å². The zero-order valence-corrected chi connectivity index (χ0v) is 10.7. The highest BCUT2D eigenvalue weighted by Crippen LogP contribution is 2.10. The van der Waals surface area contributed by atoms with Gasteiger partial charge < -0.3 is 15.5 Å². The minimum absolute atomic E-state index is 0.0541. The van der Waals surface area contributed by atoms with Crippen molar-refractivity contribution < 1.29 is 4.79 Å². The van der Waals surface area contributed by atoms with Crippen LogP contribution in [0.25, 0.3) is 0 Å². The Hall–Kier alpha value is -2.16. The number of hydrogen-bond acceptors (Lipinski definition) is 8. The summed E-state index contributed by atoms with van der Waals surface area (Å²) in [4.78, 5) is 25.0. The summed E-state index contributed by atoms with van der Waals surface area (Å²) in [5.41, 5.74) is 2.36. The van der Waals surface area contributed by atoms with Crippen molar-refractivity contribution in [3.05, 3.63) is 0 Å². The largest absolute Gasteiger partial charge is 0.359 e. The number of hydrazine groups is 1. The summed E-state index contributed by atoms with van der Waals surface area (Å²) in [6.45, 7) is 0.431. The van der Waals surface area contributed by atoms with Gasteiger partial charge in [0.1, 0.15) is 0 Å². The maximum absolute atomic E-state index is 11.1. The lowest BCUT2D eigenvalue weighted by Gasteiger charge is -2.12. The first-order chi connectivity index (χ1) is 8.56. The third-order valence-corrected chi connectivity index (χ3v) is 2.07. The number of nitrogens with two attached hydrogens (primary N) is 1. The molecule has 1 aromatic heterocycles. The van der Waals surface area contributed by atoms with E-state index in [1.54, 1.807) is 11.9 Å². The number of hydrogen-bond donors (Lipinski definition) is 4. The molecular formula is C9H18N8O. The first-order valence-electron chi connectivity index (χ1n) is 5.41. The predicted molar refractivity (Wildman–Crippen MR) is 69.1 cm³/mol. The molecule has 9 heteroatoms. The molecule has 0 aromatic carbocycles. The van der Waals surface area contributed by atoms with Gasteiger partial charge in [0.2, 0.25) is 23.8 Å². The van der Waals surface area contributed by atoms with Gasteiger partial charge in [-0.1, -0.05) is 0 Å². The van der Waals surface area contributed by atoms with E-state index in [1.807, 2.05) is 14.1 Å². The van der Waals surface area contributed by atoms with Gasteiger partial charge in [0.15, 0.2) is 0 Å². The summed E-state index contributed by atoms with van der Waals surface area (Å²) in [7, 11) is 5.21. The second-order valence-corrected chi connectivity index (χ2v) is 3.67. The Bertz CT molecular complexity index is 408. The minimum Gasteiger partial charge on any atom is -0.359 e. The highest BCUT2D eigenvalue weighted by Gasteiger charge is 2.07. The summed E-state index contributed by atoms with van der Waals surface area (Å²) < 4.78 is 0. The van der Waals surface area contributed by atoms with Gasteiger partial charge >= 0.3 is 0 Å². The summed E-state index contributed by atoms with van der Waals surface area (Å²) in [6, 6.07) is 0. The molecule has 100 valence electrons. The molecule has 0 atom stereocenters. The van der Waals surface area contributed by atoms with Gasteiger partial charge in [-0.2, -0.15) is 15.0 Å². The maximum atomic E-state index is 11.1. The van der Waals surface area contributed by atoms with E-state index in [0.29, 0.717) is 24.9 Å². The molecule has 0 unspecified atom stereocenters. The fourth-order valence-corrected chi connectivity index (χ4v) is 1.12. The highest BCUT2D eigenvalue weighted by atomic mass is 16.1. The molecule has 0 bridgehead atoms. The van der Waals surface area contributed by atoms with Crippen LogP contribution in [0, 0.1) is 0 Å². The number of nitrogens with zero attached hydrogens (tertiary/aromatic N) is 4. The molecule has 9 nitrogen and oxygen atoms in total. The van der Waals surface area contributed by atoms with E-state index in [9.17, 15) is 4.79 Å². The number of nitrogens with one attached hydrogen (secondary N) is 3. The van der Waals surface area contributed by atoms with Crippen LogP contribution in [0.4, 0.5) is 17.8 Å². The standard InChI is InChI=1S/C9H18N8O/c1-11-6(18)4-5-12-7-13-8(16-10)15-9(14-7)17(2)3/h4-5,10H2,1-3H3,(H,11,18)(H2,12,13,14,15,16). The van der Waals surface area contributed by atoms with Crippen LogP contribution in [-0.2, 0) is 4.79 Å². The van der Waals surface area contributed by atoms with E-state index < -0.39 is 0 Å². The van der Waals surface area contributed by atoms with Crippen LogP contribution in [-0.4, -0.2) is 48.5 Å². The average Bonchev–Trinajstić information content (AvgIpc) is 2.37. The van der Waals surface area contributed by atoms with Crippen molar-refractivity contribution in [1.29, 1.82) is 0 Å². The van der Waals surface area contributed by atoms with Gasteiger partial charge in [-0.15, -0.1) is 0 Å². The number of carbonyl (C=O) groups excluding carboxylic acids is 1. The summed E-state index contributed by atoms with van der Waals surface area (Å²) in [6.07, 6.45) is 0.338. The first kappa shape index (κ1) is 13.9. The van der Waals surface area contributed by atoms with Crippen molar-refractivity contribution in [3.8, 4) is 0 Å². The van der Waals surface area contributed by atoms with Crippen molar-refractivity contribution in [2.75, 3.05) is 43.3 Å². The molecule has 0 fully saturated rings. The number of rotatable bonds is 6. The maximum Gasteiger partial charge on any atom is 0.243 e. The molecule has 18 heavy (non-hydrogen) atoms. The van der Waals surface area contributed by atoms with Crippen LogP contribution < -0.4 is 26.8 Å². The van der Waals surface area contributed by atoms with Gasteiger partial charge in [-0.25, -0.2) is 5.84 Å². The molecule has 1 heterocycles. The van der Waals surface area contributed by atoms with Crippen LogP contribution in [0.15, 0.2) is 0 Å². The average molecular weight is 254 g/mol. The van der Waals surface area contributed by atoms with Crippen molar-refractivity contribution in [1.82, 2.24) is 20.3 Å². The van der Waals surface area contributed by atoms with Crippen molar-refractivity contribution in [3.63, 3.8) is 0 Å². The molecule has 0 saturated carbocycles. The molecule has 1 amide bonds. The molecule has 0 spiro atoms. The second kappa shape index (κ2) is 6.55. The highest BCUT2D eigenvalue weighted by molar-refractivity contribution is 5.75. The van der Waals surface area contributed by atoms with E-state index in [4.69, 9.17) is 5.84 Å². The lowest BCUT2D eigenvalue weighted by Crippen LogP contribution is -2.22. The van der Waals surface area contributed by atoms with Gasteiger partial charge in [0.25, 0.3) is 0 Å². The van der Waals surface area contributed by atoms with Gasteiger partial charge in [-0.05, 0) is 0 Å². The monoisotopic (exact) mass is 254 g/mol. The Morgan fingerprint density at radius 2 is 1.94 bits per heavy atom. The normalized spacial score (nSPS) is 9.78. The third kappa shape index (κ3) is 4.01. The Labute approximate surface area is 105 Å². The van der Waals surface area contributed by atoms with Crippen LogP contribution in [0.5, 0.6) is 0 Å². The van der Waals surface area contributed by atoms with Gasteiger partial charge in [-0.3, -0.25) is 10.2 Å². The Kier molecular flexibility index (Phi) is 5.06. The second-order valence-electron chi connectivity index (χ2n) is 3.67. The number of nitrogen functional groups attached to an aromatic ring is 1. The number of aromatic nitrogens is 3. The summed E-state index contributed by atoms with van der Waals surface area (Å²) in [5, 5.41) is 5.47. The lowest BCUT2D eigenvalue weighted by molar-refractivity contribution is -0.120. The molecule has 0 saturated heterocycles. The molecule has 0 radical (unpaired) electrons. The molecule has 1 aromatic rings. The molecule has 5 N–H and O–H groups in total. The van der Waals surface area contributed by atoms with Crippen molar-refractivity contribution in [2.24, 2.45) is 5.84 Å². The van der Waals surface area contributed by atoms with E-state index >= 15 is 0 Å². The molecule has 0 aliphatic rings. The topological polar surface area (TPSA) is 121 Å². The molecule has 0 aliphatic carbocycles. The Morgan fingerprint density at radius 3 is 2.50 bits per heavy atom. The number of anilines is 3. The minimum atomic E-state index is -0.0541. The van der Waals surface area contributed by atoms with Gasteiger partial charge in [0.05, 0.1) is 0 Å². The van der Waals surface area contributed by atoms with E-state index in [0.717, 1.165) is 0 Å². The van der Waals surface area contributed by atoms with Gasteiger partial charge in [0, 0.05) is 34.1 Å². The summed E-state index contributed by atoms with van der Waals surface area (Å²) in [5.74, 6) is 6.32. The fraction of sp³-hybridized carbons (Fsp3) is 0.556. The SMILES string of the molecule is CNC(=O)CCNc1nc(NN)nc(N(C)C)n1. The Balaban J connectivity index is 2.69. The van der Waals surface area contributed by atoms with Crippen LogP contribution in [0.1, 0.15) is 6.42 Å². The third-order valence-electron chi connectivity index (χ3n) is 2.07. The predicted octanol–water partition coefficient (Wildman–Crippen LogP) is -1.23. The van der Waals surface area contributed by atoms with Crippen molar-refractivity contribution >= 4 is 23.8 Å². The Morgan fingerprint density at radius 1 is 1.28 bits per heavy atom. The molecule has 0 aliphatic heterocycles. The first-order valence-corrected chi connectivity index (χ1v) is 5.41. The van der Waals surface area contributed by atoms with Crippen LogP contribution in [0.3, 0.4) is 0 Å². The van der Waals surface area contributed by atoms with E-state index in [-0.39, 0.29) is 11.9 Å². The van der Waals surface area contributed by atoms with E-state index in [2.05, 4.69) is 31.0 Å². The number of amides is 1. The molecular weight excluding hydrogens is 236 g/mol. The smallest absolute Gasteiger partial charge is 0.243 e. The summed E-state index contributed by atoms with van der Waals surface area (Å²) >= 11 is 0. The van der Waals surface area contributed by atoms with Crippen LogP contribution in [0.2, 0.25) is 0 Å². The van der Waals surface area contributed by atoms with Crippen LogP contribution >= 0.6 is 0 Å². The molecule has 1 rings (SSSR count). The lowest BCUT2D eigenvalue weighted by atomic mass is 10.4. The zero-order valence-electron chi connectivity index (χ0n) is 10.7. The quantitative estimate of drug-likeness (QED) is 0.368. The number of carbonyl (C=O) groups is 1. The zero-order chi connectivity index (χ0) is 13.5.